The predicted molar refractivity (Wildman–Crippen MR) is 105 cm³/mol. The van der Waals surface area contributed by atoms with Crippen molar-refractivity contribution in [3.05, 3.63) is 11.1 Å². The van der Waals surface area contributed by atoms with Gasteiger partial charge in [0.1, 0.15) is 5.60 Å². The lowest BCUT2D eigenvalue weighted by molar-refractivity contribution is -0.292. The minimum absolute atomic E-state index is 0.0536. The predicted octanol–water partition coefficient (Wildman–Crippen LogP) is 4.88. The number of allylic oxidation sites excluding steroid dienone is 1. The van der Waals surface area contributed by atoms with E-state index in [2.05, 4.69) is 20.8 Å². The van der Waals surface area contributed by atoms with E-state index in [1.807, 2.05) is 13.8 Å². The molecule has 7 aliphatic carbocycles. The number of carbonyl (C=O) groups is 1. The van der Waals surface area contributed by atoms with E-state index < -0.39 is 0 Å². The monoisotopic (exact) mass is 372 g/mol. The molecule has 0 aromatic rings. The van der Waals surface area contributed by atoms with Crippen LogP contribution < -0.4 is 0 Å². The van der Waals surface area contributed by atoms with Gasteiger partial charge in [0.05, 0.1) is 5.60 Å². The summed E-state index contributed by atoms with van der Waals surface area (Å²) in [6.07, 6.45) is 6.96. The zero-order valence-electron chi connectivity index (χ0n) is 17.7. The molecule has 3 heteroatoms. The molecule has 0 unspecified atom stereocenters. The third-order valence-corrected chi connectivity index (χ3v) is 8.84. The molecule has 0 spiro atoms. The number of aliphatic hydroxyl groups is 1. The van der Waals surface area contributed by atoms with Crippen molar-refractivity contribution in [1.29, 1.82) is 0 Å². The zero-order valence-corrected chi connectivity index (χ0v) is 17.7. The molecule has 8 bridgehead atoms. The van der Waals surface area contributed by atoms with E-state index in [-0.39, 0.29) is 22.6 Å². The molecule has 7 fully saturated rings. The number of ether oxygens (including phenoxy) is 1. The van der Waals surface area contributed by atoms with Gasteiger partial charge in [-0.2, -0.15) is 0 Å². The van der Waals surface area contributed by atoms with Crippen molar-refractivity contribution in [1.82, 2.24) is 0 Å². The van der Waals surface area contributed by atoms with Crippen molar-refractivity contribution in [2.24, 2.45) is 40.9 Å². The lowest BCUT2D eigenvalue weighted by Crippen LogP contribution is -2.71. The van der Waals surface area contributed by atoms with E-state index in [0.29, 0.717) is 35.5 Å². The van der Waals surface area contributed by atoms with E-state index in [1.165, 1.54) is 0 Å². The fourth-order valence-corrected chi connectivity index (χ4v) is 8.19. The first kappa shape index (κ1) is 18.2. The first-order valence-electron chi connectivity index (χ1n) is 11.1. The highest BCUT2D eigenvalue weighted by molar-refractivity contribution is 5.89. The third kappa shape index (κ3) is 2.67. The molecule has 0 saturated heterocycles. The molecular formula is C24H36O3. The summed E-state index contributed by atoms with van der Waals surface area (Å²) in [6.45, 7) is 10.6. The second kappa shape index (κ2) is 5.40. The largest absolute Gasteiger partial charge is 0.456 e. The smallest absolute Gasteiger partial charge is 0.334 e. The highest BCUT2D eigenvalue weighted by Crippen LogP contribution is 2.73. The fraction of sp³-hybridized carbons (Fsp3) is 0.875. The van der Waals surface area contributed by atoms with Crippen LogP contribution in [0, 0.1) is 40.9 Å². The van der Waals surface area contributed by atoms with Gasteiger partial charge in [-0.25, -0.2) is 4.79 Å². The van der Waals surface area contributed by atoms with Gasteiger partial charge in [0.25, 0.3) is 0 Å². The SMILES string of the molecule is CC(C)=C(CC(C)(C)C)C(=O)OC12CC3C4CC5(O)CC3C(C1)C(C5)C4C2. The van der Waals surface area contributed by atoms with E-state index >= 15 is 0 Å². The molecule has 3 nitrogen and oxygen atoms in total. The standard InChI is InChI=1S/C24H36O3/c1-13(2)14(6-22(3,4)5)21(25)27-24-10-18-15-7-23(26)8-16(18)20(12-24)17(9-23)19(15)11-24/h15-20,26H,6-12H2,1-5H3. The number of esters is 1. The Kier molecular flexibility index (Phi) is 3.64. The van der Waals surface area contributed by atoms with Crippen molar-refractivity contribution in [2.75, 3.05) is 0 Å². The minimum Gasteiger partial charge on any atom is -0.456 e. The molecule has 0 heterocycles. The molecule has 150 valence electrons. The van der Waals surface area contributed by atoms with E-state index in [9.17, 15) is 9.90 Å². The average Bonchev–Trinajstić information content (AvgIpc) is 2.54. The van der Waals surface area contributed by atoms with Crippen LogP contribution in [0.1, 0.15) is 79.6 Å². The van der Waals surface area contributed by atoms with Crippen molar-refractivity contribution in [3.8, 4) is 0 Å². The average molecular weight is 373 g/mol. The van der Waals surface area contributed by atoms with Gasteiger partial charge >= 0.3 is 5.97 Å². The van der Waals surface area contributed by atoms with Gasteiger partial charge in [-0.15, -0.1) is 0 Å². The second-order valence-electron chi connectivity index (χ2n) is 12.2. The molecule has 7 aliphatic rings. The third-order valence-electron chi connectivity index (χ3n) is 8.84. The molecule has 0 amide bonds. The maximum atomic E-state index is 13.2. The lowest BCUT2D eigenvalue weighted by atomic mass is 9.34. The molecular weight excluding hydrogens is 336 g/mol. The molecule has 27 heavy (non-hydrogen) atoms. The second-order valence-corrected chi connectivity index (χ2v) is 12.2. The van der Waals surface area contributed by atoms with Crippen LogP contribution in [0.5, 0.6) is 0 Å². The van der Waals surface area contributed by atoms with Crippen molar-refractivity contribution < 1.29 is 14.6 Å². The van der Waals surface area contributed by atoms with Gasteiger partial charge in [-0.05, 0) is 99.7 Å². The van der Waals surface area contributed by atoms with E-state index in [0.717, 1.165) is 56.1 Å². The summed E-state index contributed by atoms with van der Waals surface area (Å²) in [5.41, 5.74) is 1.49. The molecule has 1 N–H and O–H groups in total. The van der Waals surface area contributed by atoms with Crippen LogP contribution in [0.4, 0.5) is 0 Å². The highest BCUT2D eigenvalue weighted by atomic mass is 16.6. The molecule has 0 radical (unpaired) electrons. The lowest BCUT2D eigenvalue weighted by Gasteiger charge is -2.73. The first-order valence-corrected chi connectivity index (χ1v) is 11.1. The van der Waals surface area contributed by atoms with E-state index in [1.54, 1.807) is 0 Å². The Morgan fingerprint density at radius 2 is 1.30 bits per heavy atom. The highest BCUT2D eigenvalue weighted by Gasteiger charge is 2.71. The summed E-state index contributed by atoms with van der Waals surface area (Å²) in [6, 6.07) is 0. The van der Waals surface area contributed by atoms with Crippen LogP contribution in [-0.4, -0.2) is 22.3 Å². The van der Waals surface area contributed by atoms with Crippen LogP contribution >= 0.6 is 0 Å². The normalized spacial score (nSPS) is 48.8. The Balaban J connectivity index is 1.39. The summed E-state index contributed by atoms with van der Waals surface area (Å²) < 4.78 is 6.42. The molecule has 7 saturated carbocycles. The van der Waals surface area contributed by atoms with Gasteiger partial charge in [-0.3, -0.25) is 0 Å². The van der Waals surface area contributed by atoms with Gasteiger partial charge in [0.2, 0.25) is 0 Å². The van der Waals surface area contributed by atoms with Gasteiger partial charge < -0.3 is 9.84 Å². The quantitative estimate of drug-likeness (QED) is 0.567. The van der Waals surface area contributed by atoms with E-state index in [4.69, 9.17) is 4.74 Å². The van der Waals surface area contributed by atoms with Crippen LogP contribution in [0.2, 0.25) is 0 Å². The van der Waals surface area contributed by atoms with Crippen molar-refractivity contribution in [3.63, 3.8) is 0 Å². The van der Waals surface area contributed by atoms with Crippen LogP contribution in [0.3, 0.4) is 0 Å². The van der Waals surface area contributed by atoms with Crippen LogP contribution in [0.25, 0.3) is 0 Å². The zero-order chi connectivity index (χ0) is 19.4. The molecule has 0 aliphatic heterocycles. The summed E-state index contributed by atoms with van der Waals surface area (Å²) in [7, 11) is 0. The number of carbonyl (C=O) groups excluding carboxylic acids is 1. The summed E-state index contributed by atoms with van der Waals surface area (Å²) >= 11 is 0. The van der Waals surface area contributed by atoms with Crippen LogP contribution in [0.15, 0.2) is 11.1 Å². The van der Waals surface area contributed by atoms with Crippen molar-refractivity contribution >= 4 is 5.97 Å². The van der Waals surface area contributed by atoms with Gasteiger partial charge in [0, 0.05) is 5.57 Å². The maximum Gasteiger partial charge on any atom is 0.334 e. The molecule has 0 aromatic heterocycles. The Morgan fingerprint density at radius 3 is 1.67 bits per heavy atom. The summed E-state index contributed by atoms with van der Waals surface area (Å²) in [5.74, 6) is 4.07. The molecule has 0 atom stereocenters. The molecule has 0 aromatic carbocycles. The Labute approximate surface area is 163 Å². The van der Waals surface area contributed by atoms with Crippen molar-refractivity contribution in [2.45, 2.75) is 90.8 Å². The van der Waals surface area contributed by atoms with Gasteiger partial charge in [-0.1, -0.05) is 26.3 Å². The Bertz CT molecular complexity index is 643. The summed E-state index contributed by atoms with van der Waals surface area (Å²) in [5, 5.41) is 11.0. The molecule has 7 rings (SSSR count). The summed E-state index contributed by atoms with van der Waals surface area (Å²) in [4.78, 5) is 13.2. The fourth-order valence-electron chi connectivity index (χ4n) is 8.19. The number of hydrogen-bond acceptors (Lipinski definition) is 3. The minimum atomic E-state index is -0.362. The number of hydrogen-bond donors (Lipinski definition) is 1. The number of rotatable bonds is 3. The van der Waals surface area contributed by atoms with Gasteiger partial charge in [0.15, 0.2) is 0 Å². The Hall–Kier alpha value is -0.830. The maximum absolute atomic E-state index is 13.2. The topological polar surface area (TPSA) is 46.5 Å². The van der Waals surface area contributed by atoms with Crippen LogP contribution in [-0.2, 0) is 9.53 Å². The first-order chi connectivity index (χ1) is 12.5. The Morgan fingerprint density at radius 1 is 0.889 bits per heavy atom.